The molecule has 0 saturated carbocycles. The molecule has 0 aliphatic carbocycles. The summed E-state index contributed by atoms with van der Waals surface area (Å²) in [5.74, 6) is 0. The molecule has 146 valence electrons. The molecule has 28 heavy (non-hydrogen) atoms. The Morgan fingerprint density at radius 2 is 1.79 bits per heavy atom. The Bertz CT molecular complexity index is 1300. The van der Waals surface area contributed by atoms with Crippen LogP contribution in [0.1, 0.15) is 16.8 Å². The molecule has 3 heterocycles. The molecule has 1 aromatic carbocycles. The van der Waals surface area contributed by atoms with Gasteiger partial charge in [-0.3, -0.25) is 0 Å². The maximum Gasteiger partial charge on any atom is 0.243 e. The van der Waals surface area contributed by atoms with Gasteiger partial charge in [0, 0.05) is 43.0 Å². The van der Waals surface area contributed by atoms with Crippen LogP contribution in [0.25, 0.3) is 11.0 Å². The van der Waals surface area contributed by atoms with Gasteiger partial charge in [-0.2, -0.15) is 4.31 Å². The van der Waals surface area contributed by atoms with Crippen LogP contribution in [-0.2, 0) is 32.8 Å². The Kier molecular flexibility index (Phi) is 4.48. The van der Waals surface area contributed by atoms with E-state index in [0.717, 1.165) is 28.5 Å². The lowest BCUT2D eigenvalue weighted by Crippen LogP contribution is -2.36. The van der Waals surface area contributed by atoms with E-state index in [9.17, 15) is 16.8 Å². The summed E-state index contributed by atoms with van der Waals surface area (Å²) in [7, 11) is -7.32. The van der Waals surface area contributed by atoms with E-state index >= 15 is 0 Å². The molecule has 0 N–H and O–H groups in total. The molecule has 1 aliphatic heterocycles. The van der Waals surface area contributed by atoms with Crippen molar-refractivity contribution < 1.29 is 16.8 Å². The molecule has 0 radical (unpaired) electrons. The quantitative estimate of drug-likeness (QED) is 0.647. The summed E-state index contributed by atoms with van der Waals surface area (Å²) in [5, 5.41) is 0.872. The van der Waals surface area contributed by atoms with Crippen molar-refractivity contribution in [1.29, 1.82) is 0 Å². The van der Waals surface area contributed by atoms with E-state index in [0.29, 0.717) is 12.1 Å². The van der Waals surface area contributed by atoms with Crippen LogP contribution in [-0.4, -0.2) is 43.9 Å². The number of aryl methyl sites for hydroxylation is 1. The van der Waals surface area contributed by atoms with Crippen LogP contribution < -0.4 is 0 Å². The smallest absolute Gasteiger partial charge is 0.236 e. The van der Waals surface area contributed by atoms with Gasteiger partial charge in [0.15, 0.2) is 15.5 Å². The first-order chi connectivity index (χ1) is 13.1. The Morgan fingerprint density at radius 3 is 2.54 bits per heavy atom. The van der Waals surface area contributed by atoms with Gasteiger partial charge >= 0.3 is 0 Å². The van der Waals surface area contributed by atoms with Crippen molar-refractivity contribution in [3.63, 3.8) is 0 Å². The molecule has 0 atom stereocenters. The topological polar surface area (TPSA) is 97.3 Å². The van der Waals surface area contributed by atoms with Crippen molar-refractivity contribution >= 4 is 30.9 Å². The average Bonchev–Trinajstić information content (AvgIpc) is 2.65. The zero-order valence-electron chi connectivity index (χ0n) is 15.5. The first kappa shape index (κ1) is 19.0. The van der Waals surface area contributed by atoms with Crippen LogP contribution in [0.2, 0.25) is 0 Å². The molecule has 2 aromatic heterocycles. The lowest BCUT2D eigenvalue weighted by Gasteiger charge is -2.27. The molecule has 0 spiro atoms. The molecule has 3 aromatic rings. The standard InChI is InChI=1S/C19H19N3O4S2/c1-13-8-14-9-15-12-22(7-6-18(15)21-19(14)20-11-13)28(25,26)17-5-3-4-16(10-17)27(2,23)24/h3-5,8-11H,6-7,12H2,1-2H3. The summed E-state index contributed by atoms with van der Waals surface area (Å²) in [6.45, 7) is 2.41. The number of nitrogens with zero attached hydrogens (tertiary/aromatic N) is 3. The maximum atomic E-state index is 13.1. The van der Waals surface area contributed by atoms with Crippen LogP contribution in [0, 0.1) is 6.92 Å². The van der Waals surface area contributed by atoms with Gasteiger partial charge in [-0.1, -0.05) is 6.07 Å². The molecule has 0 amide bonds. The number of rotatable bonds is 3. The fourth-order valence-corrected chi connectivity index (χ4v) is 5.53. The number of hydrogen-bond acceptors (Lipinski definition) is 6. The molecule has 7 nitrogen and oxygen atoms in total. The van der Waals surface area contributed by atoms with Crippen molar-refractivity contribution in [2.75, 3.05) is 12.8 Å². The molecule has 1 aliphatic rings. The van der Waals surface area contributed by atoms with Crippen LogP contribution >= 0.6 is 0 Å². The second kappa shape index (κ2) is 6.61. The van der Waals surface area contributed by atoms with Gasteiger partial charge in [0.25, 0.3) is 0 Å². The summed E-state index contributed by atoms with van der Waals surface area (Å²) < 4.78 is 51.1. The van der Waals surface area contributed by atoms with E-state index in [2.05, 4.69) is 9.97 Å². The van der Waals surface area contributed by atoms with Gasteiger partial charge in [0.1, 0.15) is 0 Å². The SMILES string of the molecule is Cc1cnc2nc3c(cc2c1)CN(S(=O)(=O)c1cccc(S(C)(=O)=O)c1)CC3. The van der Waals surface area contributed by atoms with E-state index in [1.165, 1.54) is 28.6 Å². The van der Waals surface area contributed by atoms with Gasteiger partial charge < -0.3 is 0 Å². The number of fused-ring (bicyclic) bond motifs is 2. The first-order valence-corrected chi connectivity index (χ1v) is 12.0. The third-order valence-corrected chi connectivity index (χ3v) is 7.74. The number of pyridine rings is 2. The van der Waals surface area contributed by atoms with Gasteiger partial charge in [-0.15, -0.1) is 0 Å². The van der Waals surface area contributed by atoms with Crippen molar-refractivity contribution in [1.82, 2.24) is 14.3 Å². The second-order valence-electron chi connectivity index (χ2n) is 6.99. The largest absolute Gasteiger partial charge is 0.243 e. The summed E-state index contributed by atoms with van der Waals surface area (Å²) in [6, 6.07) is 9.39. The zero-order chi connectivity index (χ0) is 20.1. The van der Waals surface area contributed by atoms with Crippen LogP contribution in [0.4, 0.5) is 0 Å². The van der Waals surface area contributed by atoms with Crippen LogP contribution in [0.5, 0.6) is 0 Å². The number of aromatic nitrogens is 2. The predicted octanol–water partition coefficient (Wildman–Crippen LogP) is 2.09. The minimum absolute atomic E-state index is 0.0137. The molecular formula is C19H19N3O4S2. The Hall–Kier alpha value is -2.36. The lowest BCUT2D eigenvalue weighted by atomic mass is 10.1. The molecule has 4 rings (SSSR count). The number of hydrogen-bond donors (Lipinski definition) is 0. The monoisotopic (exact) mass is 417 g/mol. The van der Waals surface area contributed by atoms with Crippen molar-refractivity contribution in [3.8, 4) is 0 Å². The number of benzene rings is 1. The van der Waals surface area contributed by atoms with E-state index in [1.807, 2.05) is 19.1 Å². The predicted molar refractivity (Wildman–Crippen MR) is 105 cm³/mol. The highest BCUT2D eigenvalue weighted by Crippen LogP contribution is 2.27. The zero-order valence-corrected chi connectivity index (χ0v) is 17.1. The summed E-state index contributed by atoms with van der Waals surface area (Å²) >= 11 is 0. The normalized spacial score (nSPS) is 15.5. The molecule has 0 unspecified atom stereocenters. The van der Waals surface area contributed by atoms with Gasteiger partial charge in [0.2, 0.25) is 10.0 Å². The highest BCUT2D eigenvalue weighted by atomic mass is 32.2. The Labute approximate surface area is 164 Å². The van der Waals surface area contributed by atoms with E-state index in [1.54, 1.807) is 6.20 Å². The number of sulfonamides is 1. The second-order valence-corrected chi connectivity index (χ2v) is 10.9. The Balaban J connectivity index is 1.72. The van der Waals surface area contributed by atoms with Crippen molar-refractivity contribution in [3.05, 3.63) is 59.4 Å². The maximum absolute atomic E-state index is 13.1. The molecule has 9 heteroatoms. The molecule has 0 saturated heterocycles. The third-order valence-electron chi connectivity index (χ3n) is 4.79. The highest BCUT2D eigenvalue weighted by Gasteiger charge is 2.30. The minimum Gasteiger partial charge on any atom is -0.236 e. The molecule has 0 fully saturated rings. The fraction of sp³-hybridized carbons (Fsp3) is 0.263. The van der Waals surface area contributed by atoms with Crippen molar-refractivity contribution in [2.45, 2.75) is 29.7 Å². The van der Waals surface area contributed by atoms with E-state index in [-0.39, 0.29) is 22.9 Å². The van der Waals surface area contributed by atoms with Crippen LogP contribution in [0.3, 0.4) is 0 Å². The van der Waals surface area contributed by atoms with Gasteiger partial charge in [-0.05, 0) is 48.4 Å². The molecule has 0 bridgehead atoms. The molecular weight excluding hydrogens is 398 g/mol. The van der Waals surface area contributed by atoms with Gasteiger partial charge in [-0.25, -0.2) is 26.8 Å². The Morgan fingerprint density at radius 1 is 1.04 bits per heavy atom. The highest BCUT2D eigenvalue weighted by molar-refractivity contribution is 7.91. The number of sulfone groups is 1. The van der Waals surface area contributed by atoms with E-state index in [4.69, 9.17) is 0 Å². The first-order valence-electron chi connectivity index (χ1n) is 8.70. The third kappa shape index (κ3) is 3.41. The van der Waals surface area contributed by atoms with Crippen molar-refractivity contribution in [2.24, 2.45) is 0 Å². The summed E-state index contributed by atoms with van der Waals surface area (Å²) in [5.41, 5.74) is 3.35. The fourth-order valence-electron chi connectivity index (χ4n) is 3.33. The van der Waals surface area contributed by atoms with E-state index < -0.39 is 19.9 Å². The summed E-state index contributed by atoms with van der Waals surface area (Å²) in [4.78, 5) is 8.88. The van der Waals surface area contributed by atoms with Gasteiger partial charge in [0.05, 0.1) is 9.79 Å². The minimum atomic E-state index is -3.82. The van der Waals surface area contributed by atoms with Crippen LogP contribution in [0.15, 0.2) is 52.4 Å². The summed E-state index contributed by atoms with van der Waals surface area (Å²) in [6.07, 6.45) is 3.30. The lowest BCUT2D eigenvalue weighted by molar-refractivity contribution is 0.388. The average molecular weight is 418 g/mol.